The van der Waals surface area contributed by atoms with Crippen molar-refractivity contribution in [3.8, 4) is 0 Å². The predicted molar refractivity (Wildman–Crippen MR) is 52.5 cm³/mol. The summed E-state index contributed by atoms with van der Waals surface area (Å²) in [5, 5.41) is 34.6. The molecule has 8 heteroatoms. The normalized spacial score (nSPS) is 13.1. The first-order valence-electron chi connectivity index (χ1n) is 4.60. The van der Waals surface area contributed by atoms with Crippen LogP contribution in [0.2, 0.25) is 0 Å². The highest BCUT2D eigenvalue weighted by atomic mass is 16.5. The average molecular weight is 236 g/mol. The third-order valence-electron chi connectivity index (χ3n) is 1.95. The van der Waals surface area contributed by atoms with E-state index < -0.39 is 37.4 Å². The van der Waals surface area contributed by atoms with Gasteiger partial charge in [0, 0.05) is 19.0 Å². The van der Waals surface area contributed by atoms with E-state index in [1.54, 1.807) is 0 Å². The minimum absolute atomic E-state index is 0.0574. The van der Waals surface area contributed by atoms with Crippen molar-refractivity contribution in [2.75, 3.05) is 19.6 Å². The van der Waals surface area contributed by atoms with E-state index >= 15 is 0 Å². The zero-order valence-corrected chi connectivity index (χ0v) is 8.61. The van der Waals surface area contributed by atoms with Crippen LogP contribution >= 0.6 is 0 Å². The van der Waals surface area contributed by atoms with E-state index in [1.165, 1.54) is 0 Å². The van der Waals surface area contributed by atoms with Crippen LogP contribution in [0, 0.1) is 0 Å². The van der Waals surface area contributed by atoms with Crippen LogP contribution in [0.1, 0.15) is 6.42 Å². The second-order valence-corrected chi connectivity index (χ2v) is 3.30. The van der Waals surface area contributed by atoms with Crippen molar-refractivity contribution in [2.45, 2.75) is 18.8 Å². The number of nitrogens with zero attached hydrogens (tertiary/aromatic N) is 1. The molecule has 0 saturated carbocycles. The van der Waals surface area contributed by atoms with Crippen LogP contribution in [0.25, 0.3) is 0 Å². The number of hydrogen-bond acceptors (Lipinski definition) is 6. The number of carbonyl (C=O) groups is 2. The number of nitrogens with two attached hydrogens (primary N) is 1. The van der Waals surface area contributed by atoms with Gasteiger partial charge in [0.2, 0.25) is 0 Å². The lowest BCUT2D eigenvalue weighted by atomic mass is 10.1. The molecule has 0 radical (unpaired) electrons. The van der Waals surface area contributed by atoms with Crippen molar-refractivity contribution < 1.29 is 30.0 Å². The van der Waals surface area contributed by atoms with Crippen LogP contribution < -0.4 is 5.73 Å². The SMILES string of the molecule is NCC(CC(O)O)N(CC(=O)O)CC(=O)O. The molecule has 0 rings (SSSR count). The third-order valence-corrected chi connectivity index (χ3v) is 1.95. The molecule has 0 aliphatic rings. The van der Waals surface area contributed by atoms with Crippen LogP contribution in [0.4, 0.5) is 0 Å². The zero-order chi connectivity index (χ0) is 12.7. The molecule has 0 saturated heterocycles. The molecule has 0 aromatic carbocycles. The van der Waals surface area contributed by atoms with E-state index in [-0.39, 0.29) is 13.0 Å². The highest BCUT2D eigenvalue weighted by Gasteiger charge is 2.23. The van der Waals surface area contributed by atoms with Crippen LogP contribution in [-0.4, -0.2) is 69.2 Å². The maximum absolute atomic E-state index is 10.5. The molecule has 0 heterocycles. The van der Waals surface area contributed by atoms with Crippen molar-refractivity contribution in [3.63, 3.8) is 0 Å². The van der Waals surface area contributed by atoms with Crippen molar-refractivity contribution in [1.82, 2.24) is 4.90 Å². The summed E-state index contributed by atoms with van der Waals surface area (Å²) in [7, 11) is 0. The highest BCUT2D eigenvalue weighted by molar-refractivity contribution is 5.72. The fourth-order valence-corrected chi connectivity index (χ4v) is 1.30. The Morgan fingerprint density at radius 3 is 1.81 bits per heavy atom. The zero-order valence-electron chi connectivity index (χ0n) is 8.61. The molecule has 8 nitrogen and oxygen atoms in total. The van der Waals surface area contributed by atoms with E-state index in [0.717, 1.165) is 4.90 Å². The molecule has 0 spiro atoms. The van der Waals surface area contributed by atoms with Gasteiger partial charge in [-0.3, -0.25) is 14.5 Å². The Kier molecular flexibility index (Phi) is 6.58. The van der Waals surface area contributed by atoms with Gasteiger partial charge in [-0.15, -0.1) is 0 Å². The number of aliphatic hydroxyl groups excluding tert-OH is 1. The number of hydrogen-bond donors (Lipinski definition) is 5. The average Bonchev–Trinajstić information content (AvgIpc) is 2.11. The lowest BCUT2D eigenvalue weighted by Crippen LogP contribution is -2.47. The summed E-state index contributed by atoms with van der Waals surface area (Å²) in [6.45, 7) is -1.08. The summed E-state index contributed by atoms with van der Waals surface area (Å²) in [5.41, 5.74) is 5.32. The second kappa shape index (κ2) is 7.12. The fourth-order valence-electron chi connectivity index (χ4n) is 1.30. The van der Waals surface area contributed by atoms with Crippen molar-refractivity contribution >= 4 is 11.9 Å². The molecule has 0 bridgehead atoms. The summed E-state index contributed by atoms with van der Waals surface area (Å²) >= 11 is 0. The predicted octanol–water partition coefficient (Wildman–Crippen LogP) is -2.51. The summed E-state index contributed by atoms with van der Waals surface area (Å²) < 4.78 is 0. The molecule has 0 fully saturated rings. The quantitative estimate of drug-likeness (QED) is 0.290. The van der Waals surface area contributed by atoms with Crippen LogP contribution in [0.5, 0.6) is 0 Å². The topological polar surface area (TPSA) is 144 Å². The largest absolute Gasteiger partial charge is 0.480 e. The van der Waals surface area contributed by atoms with Gasteiger partial charge in [0.25, 0.3) is 0 Å². The van der Waals surface area contributed by atoms with E-state index in [4.69, 9.17) is 26.2 Å². The lowest BCUT2D eigenvalue weighted by molar-refractivity contribution is -0.144. The Balaban J connectivity index is 4.54. The van der Waals surface area contributed by atoms with Crippen LogP contribution in [0.15, 0.2) is 0 Å². The molecule has 0 amide bonds. The molecule has 16 heavy (non-hydrogen) atoms. The number of carboxylic acids is 2. The standard InChI is InChI=1S/C8H16N2O6/c9-2-5(1-6(11)12)10(3-7(13)14)4-8(15)16/h5-6,11-12H,1-4,9H2,(H,13,14)(H,15,16). The lowest BCUT2D eigenvalue weighted by Gasteiger charge is -2.28. The van der Waals surface area contributed by atoms with E-state index in [0.29, 0.717) is 0 Å². The maximum atomic E-state index is 10.5. The number of rotatable bonds is 8. The molecule has 0 aliphatic carbocycles. The van der Waals surface area contributed by atoms with Gasteiger partial charge in [-0.25, -0.2) is 0 Å². The molecule has 0 aromatic rings. The van der Waals surface area contributed by atoms with Gasteiger partial charge >= 0.3 is 11.9 Å². The van der Waals surface area contributed by atoms with Crippen molar-refractivity contribution in [3.05, 3.63) is 0 Å². The fraction of sp³-hybridized carbons (Fsp3) is 0.750. The summed E-state index contributed by atoms with van der Waals surface area (Å²) in [6, 6.07) is -0.702. The van der Waals surface area contributed by atoms with Gasteiger partial charge in [0.1, 0.15) is 0 Å². The third kappa shape index (κ3) is 6.30. The molecule has 1 unspecified atom stereocenters. The first kappa shape index (κ1) is 14.8. The van der Waals surface area contributed by atoms with E-state index in [2.05, 4.69) is 0 Å². The highest BCUT2D eigenvalue weighted by Crippen LogP contribution is 2.05. The Labute approximate surface area is 91.9 Å². The van der Waals surface area contributed by atoms with E-state index in [9.17, 15) is 9.59 Å². The summed E-state index contributed by atoms with van der Waals surface area (Å²) in [6.07, 6.45) is -1.85. The number of carboxylic acid groups (broad SMARTS) is 2. The summed E-state index contributed by atoms with van der Waals surface area (Å²) in [5.74, 6) is -2.40. The molecule has 94 valence electrons. The first-order valence-corrected chi connectivity index (χ1v) is 4.60. The number of aliphatic hydroxyl groups is 2. The Bertz CT molecular complexity index is 229. The molecule has 6 N–H and O–H groups in total. The number of aliphatic carboxylic acids is 2. The smallest absolute Gasteiger partial charge is 0.317 e. The van der Waals surface area contributed by atoms with Gasteiger partial charge in [0.15, 0.2) is 6.29 Å². The minimum Gasteiger partial charge on any atom is -0.480 e. The van der Waals surface area contributed by atoms with Crippen molar-refractivity contribution in [2.24, 2.45) is 5.73 Å². The Morgan fingerprint density at radius 1 is 1.12 bits per heavy atom. The monoisotopic (exact) mass is 236 g/mol. The second-order valence-electron chi connectivity index (χ2n) is 3.30. The van der Waals surface area contributed by atoms with Gasteiger partial charge in [-0.05, 0) is 0 Å². The summed E-state index contributed by atoms with van der Waals surface area (Å²) in [4.78, 5) is 22.1. The van der Waals surface area contributed by atoms with E-state index in [1.807, 2.05) is 0 Å². The molecular formula is C8H16N2O6. The Morgan fingerprint density at radius 2 is 1.56 bits per heavy atom. The Hall–Kier alpha value is -1.22. The van der Waals surface area contributed by atoms with Crippen LogP contribution in [-0.2, 0) is 9.59 Å². The molecule has 1 atom stereocenters. The minimum atomic E-state index is -1.65. The van der Waals surface area contributed by atoms with Gasteiger partial charge in [0.05, 0.1) is 13.1 Å². The van der Waals surface area contributed by atoms with Crippen LogP contribution in [0.3, 0.4) is 0 Å². The van der Waals surface area contributed by atoms with Crippen molar-refractivity contribution in [1.29, 1.82) is 0 Å². The van der Waals surface area contributed by atoms with Gasteiger partial charge < -0.3 is 26.2 Å². The molecule has 0 aliphatic heterocycles. The molecular weight excluding hydrogens is 220 g/mol. The van der Waals surface area contributed by atoms with Gasteiger partial charge in [-0.2, -0.15) is 0 Å². The first-order chi connectivity index (χ1) is 7.36. The maximum Gasteiger partial charge on any atom is 0.317 e. The van der Waals surface area contributed by atoms with Gasteiger partial charge in [-0.1, -0.05) is 0 Å². The molecule has 0 aromatic heterocycles.